The van der Waals surface area contributed by atoms with E-state index >= 15 is 0 Å². The average molecular weight is 486 g/mol. The zero-order chi connectivity index (χ0) is 25.3. The van der Waals surface area contributed by atoms with Crippen LogP contribution in [0, 0.1) is 0 Å². The van der Waals surface area contributed by atoms with Crippen LogP contribution in [0.1, 0.15) is 46.7 Å². The fourth-order valence-corrected chi connectivity index (χ4v) is 4.14. The summed E-state index contributed by atoms with van der Waals surface area (Å²) in [5.74, 6) is -0.321. The number of carbonyl (C=O) groups is 2. The number of nitrogens with zero attached hydrogens (tertiary/aromatic N) is 3. The third-order valence-electron chi connectivity index (χ3n) is 6.24. The molecule has 0 aliphatic carbocycles. The number of hydrogen-bond donors (Lipinski definition) is 3. The van der Waals surface area contributed by atoms with Gasteiger partial charge in [-0.25, -0.2) is 9.37 Å². The first-order valence-corrected chi connectivity index (χ1v) is 11.7. The molecule has 9 nitrogen and oxygen atoms in total. The van der Waals surface area contributed by atoms with E-state index in [1.54, 1.807) is 35.2 Å². The van der Waals surface area contributed by atoms with Crippen molar-refractivity contribution in [2.75, 3.05) is 43.9 Å². The van der Waals surface area contributed by atoms with Gasteiger partial charge in [0.15, 0.2) is 0 Å². The van der Waals surface area contributed by atoms with Crippen molar-refractivity contribution in [3.05, 3.63) is 47.2 Å². The fraction of sp³-hybridized carbons (Fsp3) is 0.480. The molecule has 0 spiro atoms. The van der Waals surface area contributed by atoms with Crippen molar-refractivity contribution in [3.63, 3.8) is 0 Å². The van der Waals surface area contributed by atoms with E-state index in [1.165, 1.54) is 18.7 Å². The molecule has 10 heteroatoms. The van der Waals surface area contributed by atoms with E-state index in [2.05, 4.69) is 15.6 Å². The smallest absolute Gasteiger partial charge is 0.274 e. The molecule has 1 fully saturated rings. The standard InChI is InChI=1S/C25H32FN5O4/c1-25(2,34)21(26)14-31-13-15-10-19(20(30(3)4)11-17(15)24(31)33)29-23(32)18-6-5-7-22(28-18)35-16-8-9-27-12-16/h5-7,10-11,16,21,27,34H,8-9,12-14H2,1-4H3,(H,29,32). The second kappa shape index (κ2) is 9.79. The Morgan fingerprint density at radius 3 is 2.83 bits per heavy atom. The number of amides is 2. The van der Waals surface area contributed by atoms with Crippen molar-refractivity contribution >= 4 is 23.2 Å². The highest BCUT2D eigenvalue weighted by molar-refractivity contribution is 6.06. The van der Waals surface area contributed by atoms with Crippen LogP contribution in [-0.2, 0) is 6.54 Å². The SMILES string of the molecule is CN(C)c1cc2c(cc1NC(=O)c1cccc(OC3CCNC3)n1)CN(CC(F)C(C)(C)O)C2=O. The van der Waals surface area contributed by atoms with E-state index in [-0.39, 0.29) is 30.8 Å². The number of alkyl halides is 1. The molecule has 2 amide bonds. The first kappa shape index (κ1) is 24.9. The second-order valence-corrected chi connectivity index (χ2v) is 9.78. The van der Waals surface area contributed by atoms with Crippen LogP contribution in [0.25, 0.3) is 0 Å². The first-order chi connectivity index (χ1) is 16.5. The first-order valence-electron chi connectivity index (χ1n) is 11.7. The highest BCUT2D eigenvalue weighted by Gasteiger charge is 2.35. The lowest BCUT2D eigenvalue weighted by molar-refractivity contribution is -0.0159. The fourth-order valence-electron chi connectivity index (χ4n) is 4.14. The lowest BCUT2D eigenvalue weighted by atomic mass is 10.0. The molecule has 1 aromatic carbocycles. The Morgan fingerprint density at radius 2 is 2.17 bits per heavy atom. The number of benzene rings is 1. The van der Waals surface area contributed by atoms with Crippen LogP contribution in [0.15, 0.2) is 30.3 Å². The quantitative estimate of drug-likeness (QED) is 0.526. The monoisotopic (exact) mass is 485 g/mol. The van der Waals surface area contributed by atoms with E-state index in [0.29, 0.717) is 28.4 Å². The number of halogens is 1. The largest absolute Gasteiger partial charge is 0.473 e. The van der Waals surface area contributed by atoms with Crippen molar-refractivity contribution in [3.8, 4) is 5.88 Å². The maximum absolute atomic E-state index is 14.4. The molecule has 0 bridgehead atoms. The number of nitrogens with one attached hydrogen (secondary N) is 2. The van der Waals surface area contributed by atoms with Gasteiger partial charge in [0.1, 0.15) is 18.0 Å². The van der Waals surface area contributed by atoms with E-state index in [9.17, 15) is 19.1 Å². The van der Waals surface area contributed by atoms with Crippen molar-refractivity contribution in [1.82, 2.24) is 15.2 Å². The molecular formula is C25H32FN5O4. The number of aromatic nitrogens is 1. The van der Waals surface area contributed by atoms with Crippen molar-refractivity contribution < 1.29 is 23.8 Å². The lowest BCUT2D eigenvalue weighted by Gasteiger charge is -2.26. The van der Waals surface area contributed by atoms with Gasteiger partial charge in [-0.2, -0.15) is 0 Å². The zero-order valence-corrected chi connectivity index (χ0v) is 20.5. The van der Waals surface area contributed by atoms with Crippen LogP contribution in [0.5, 0.6) is 5.88 Å². The molecule has 1 saturated heterocycles. The molecule has 2 aliphatic rings. The summed E-state index contributed by atoms with van der Waals surface area (Å²) in [5.41, 5.74) is 0.937. The van der Waals surface area contributed by atoms with Gasteiger partial charge >= 0.3 is 0 Å². The number of rotatable bonds is 8. The van der Waals surface area contributed by atoms with Gasteiger partial charge in [0.2, 0.25) is 5.88 Å². The van der Waals surface area contributed by atoms with E-state index in [0.717, 1.165) is 19.5 Å². The highest BCUT2D eigenvalue weighted by Crippen LogP contribution is 2.34. The zero-order valence-electron chi connectivity index (χ0n) is 20.5. The summed E-state index contributed by atoms with van der Waals surface area (Å²) < 4.78 is 20.3. The molecule has 0 saturated carbocycles. The molecule has 3 N–H and O–H groups in total. The van der Waals surface area contributed by atoms with Crippen molar-refractivity contribution in [2.45, 2.75) is 44.7 Å². The van der Waals surface area contributed by atoms with Crippen LogP contribution in [-0.4, -0.2) is 78.4 Å². The van der Waals surface area contributed by atoms with Gasteiger partial charge in [0.25, 0.3) is 11.8 Å². The van der Waals surface area contributed by atoms with E-state index < -0.39 is 17.7 Å². The van der Waals surface area contributed by atoms with Gasteiger partial charge < -0.3 is 30.3 Å². The number of carbonyl (C=O) groups excluding carboxylic acids is 2. The molecule has 0 radical (unpaired) electrons. The van der Waals surface area contributed by atoms with Crippen LogP contribution in [0.4, 0.5) is 15.8 Å². The van der Waals surface area contributed by atoms with Gasteiger partial charge in [-0.3, -0.25) is 9.59 Å². The third kappa shape index (κ3) is 5.54. The molecule has 3 heterocycles. The normalized spacial score (nSPS) is 18.4. The topological polar surface area (TPSA) is 107 Å². The predicted octanol–water partition coefficient (Wildman–Crippen LogP) is 2.21. The van der Waals surface area contributed by atoms with Crippen LogP contribution in [0.2, 0.25) is 0 Å². The van der Waals surface area contributed by atoms with Crippen LogP contribution in [0.3, 0.4) is 0 Å². The number of hydrogen-bond acceptors (Lipinski definition) is 7. The minimum absolute atomic E-state index is 0.0266. The van der Waals surface area contributed by atoms with E-state index in [1.807, 2.05) is 14.1 Å². The summed E-state index contributed by atoms with van der Waals surface area (Å²) in [5, 5.41) is 16.1. The van der Waals surface area contributed by atoms with Crippen LogP contribution >= 0.6 is 0 Å². The Hall–Kier alpha value is -3.24. The molecule has 2 unspecified atom stereocenters. The highest BCUT2D eigenvalue weighted by atomic mass is 19.1. The van der Waals surface area contributed by atoms with Crippen molar-refractivity contribution in [2.24, 2.45) is 0 Å². The second-order valence-electron chi connectivity index (χ2n) is 9.78. The minimum Gasteiger partial charge on any atom is -0.473 e. The summed E-state index contributed by atoms with van der Waals surface area (Å²) in [6, 6.07) is 8.50. The molecule has 1 aromatic heterocycles. The summed E-state index contributed by atoms with van der Waals surface area (Å²) >= 11 is 0. The maximum Gasteiger partial charge on any atom is 0.274 e. The summed E-state index contributed by atoms with van der Waals surface area (Å²) in [6.07, 6.45) is -0.679. The lowest BCUT2D eigenvalue weighted by Crippen LogP contribution is -2.42. The minimum atomic E-state index is -1.59. The predicted molar refractivity (Wildman–Crippen MR) is 131 cm³/mol. The molecular weight excluding hydrogens is 453 g/mol. The molecule has 188 valence electrons. The Kier molecular flexibility index (Phi) is 6.95. The van der Waals surface area contributed by atoms with E-state index in [4.69, 9.17) is 4.74 Å². The van der Waals surface area contributed by atoms with Gasteiger partial charge in [0.05, 0.1) is 23.5 Å². The maximum atomic E-state index is 14.4. The third-order valence-corrected chi connectivity index (χ3v) is 6.24. The molecule has 35 heavy (non-hydrogen) atoms. The number of aliphatic hydroxyl groups is 1. The van der Waals surface area contributed by atoms with Crippen LogP contribution < -0.4 is 20.3 Å². The molecule has 2 aromatic rings. The average Bonchev–Trinajstić information content (AvgIpc) is 3.40. The van der Waals surface area contributed by atoms with Crippen molar-refractivity contribution in [1.29, 1.82) is 0 Å². The summed E-state index contributed by atoms with van der Waals surface area (Å²) in [6.45, 7) is 4.36. The Balaban J connectivity index is 1.54. The molecule has 2 atom stereocenters. The number of fused-ring (bicyclic) bond motifs is 1. The summed E-state index contributed by atoms with van der Waals surface area (Å²) in [4.78, 5) is 33.5. The Labute approximate surface area is 204 Å². The molecule has 4 rings (SSSR count). The number of pyridine rings is 1. The number of anilines is 2. The van der Waals surface area contributed by atoms with Gasteiger partial charge in [-0.1, -0.05) is 6.07 Å². The summed E-state index contributed by atoms with van der Waals surface area (Å²) in [7, 11) is 3.62. The molecule has 2 aliphatic heterocycles. The number of ether oxygens (including phenoxy) is 1. The Bertz CT molecular complexity index is 1110. The Morgan fingerprint density at radius 1 is 1.40 bits per heavy atom. The van der Waals surface area contributed by atoms with Gasteiger partial charge in [-0.15, -0.1) is 0 Å². The van der Waals surface area contributed by atoms with Gasteiger partial charge in [0, 0.05) is 38.8 Å². The van der Waals surface area contributed by atoms with Gasteiger partial charge in [-0.05, 0) is 50.6 Å².